The molecule has 1 aliphatic heterocycles. The van der Waals surface area contributed by atoms with Gasteiger partial charge in [-0.3, -0.25) is 9.59 Å². The summed E-state index contributed by atoms with van der Waals surface area (Å²) in [7, 11) is 0. The van der Waals surface area contributed by atoms with Crippen LogP contribution in [-0.2, 0) is 9.59 Å². The molecular formula is C16H20Cl2N2O2. The maximum absolute atomic E-state index is 12.3. The summed E-state index contributed by atoms with van der Waals surface area (Å²) in [5.74, 6) is -0.521. The Hall–Kier alpha value is -1.26. The maximum Gasteiger partial charge on any atom is 0.233 e. The van der Waals surface area contributed by atoms with E-state index in [0.717, 1.165) is 32.2 Å². The molecule has 0 aromatic heterocycles. The van der Waals surface area contributed by atoms with E-state index in [1.165, 1.54) is 0 Å². The third-order valence-electron chi connectivity index (χ3n) is 3.96. The predicted molar refractivity (Wildman–Crippen MR) is 89.4 cm³/mol. The summed E-state index contributed by atoms with van der Waals surface area (Å²) in [6.07, 6.45) is 3.89. The zero-order chi connectivity index (χ0) is 16.1. The molecule has 0 aliphatic carbocycles. The first kappa shape index (κ1) is 17.1. The maximum atomic E-state index is 12.3. The van der Waals surface area contributed by atoms with E-state index in [-0.39, 0.29) is 24.3 Å². The number of carbonyl (C=O) groups excluding carboxylic acids is 2. The van der Waals surface area contributed by atoms with E-state index in [0.29, 0.717) is 15.7 Å². The summed E-state index contributed by atoms with van der Waals surface area (Å²) < 4.78 is 0. The number of nitrogens with zero attached hydrogens (tertiary/aromatic N) is 1. The highest BCUT2D eigenvalue weighted by Crippen LogP contribution is 2.30. The van der Waals surface area contributed by atoms with E-state index in [9.17, 15) is 9.59 Å². The Bertz CT molecular complexity index is 543. The number of carbonyl (C=O) groups is 2. The van der Waals surface area contributed by atoms with E-state index in [2.05, 4.69) is 12.2 Å². The Morgan fingerprint density at radius 1 is 1.27 bits per heavy atom. The van der Waals surface area contributed by atoms with Crippen LogP contribution in [0.15, 0.2) is 18.2 Å². The second-order valence-corrected chi connectivity index (χ2v) is 6.28. The van der Waals surface area contributed by atoms with Crippen molar-refractivity contribution in [2.24, 2.45) is 0 Å². The Morgan fingerprint density at radius 2 is 1.95 bits per heavy atom. The summed E-state index contributed by atoms with van der Waals surface area (Å²) in [6.45, 7) is 2.80. The van der Waals surface area contributed by atoms with Crippen LogP contribution >= 0.6 is 23.2 Å². The van der Waals surface area contributed by atoms with Gasteiger partial charge in [0.05, 0.1) is 15.7 Å². The number of piperidine rings is 1. The highest BCUT2D eigenvalue weighted by atomic mass is 35.5. The molecule has 0 saturated carbocycles. The minimum absolute atomic E-state index is 0.132. The van der Waals surface area contributed by atoms with Crippen LogP contribution < -0.4 is 5.32 Å². The average molecular weight is 343 g/mol. The minimum Gasteiger partial charge on any atom is -0.339 e. The Balaban J connectivity index is 1.98. The van der Waals surface area contributed by atoms with Crippen molar-refractivity contribution in [3.63, 3.8) is 0 Å². The van der Waals surface area contributed by atoms with E-state index in [1.54, 1.807) is 18.2 Å². The Kier molecular flexibility index (Phi) is 6.09. The number of rotatable bonds is 4. The van der Waals surface area contributed by atoms with Crippen LogP contribution in [0.5, 0.6) is 0 Å². The second-order valence-electron chi connectivity index (χ2n) is 5.47. The third-order valence-corrected chi connectivity index (χ3v) is 4.59. The smallest absolute Gasteiger partial charge is 0.233 e. The number of amides is 2. The molecule has 1 fully saturated rings. The van der Waals surface area contributed by atoms with E-state index in [1.807, 2.05) is 4.90 Å². The molecule has 2 rings (SSSR count). The zero-order valence-corrected chi connectivity index (χ0v) is 14.1. The van der Waals surface area contributed by atoms with Crippen LogP contribution in [-0.4, -0.2) is 29.3 Å². The van der Waals surface area contributed by atoms with Gasteiger partial charge >= 0.3 is 0 Å². The lowest BCUT2D eigenvalue weighted by Gasteiger charge is -2.35. The first-order chi connectivity index (χ1) is 10.5. The lowest BCUT2D eigenvalue weighted by molar-refractivity contribution is -0.137. The fourth-order valence-electron chi connectivity index (χ4n) is 2.79. The van der Waals surface area contributed by atoms with Gasteiger partial charge in [-0.2, -0.15) is 0 Å². The molecule has 1 saturated heterocycles. The molecule has 1 atom stereocenters. The van der Waals surface area contributed by atoms with Crippen molar-refractivity contribution >= 4 is 40.7 Å². The van der Waals surface area contributed by atoms with Gasteiger partial charge in [-0.15, -0.1) is 0 Å². The Labute approximate surface area is 140 Å². The molecule has 4 nitrogen and oxygen atoms in total. The number of para-hydroxylation sites is 1. The molecule has 2 amide bonds. The molecule has 0 bridgehead atoms. The largest absolute Gasteiger partial charge is 0.339 e. The number of hydrogen-bond acceptors (Lipinski definition) is 2. The monoisotopic (exact) mass is 342 g/mol. The predicted octanol–water partition coefficient (Wildman–Crippen LogP) is 4.11. The first-order valence-corrected chi connectivity index (χ1v) is 8.31. The van der Waals surface area contributed by atoms with Gasteiger partial charge < -0.3 is 10.2 Å². The highest BCUT2D eigenvalue weighted by Gasteiger charge is 2.26. The lowest BCUT2D eigenvalue weighted by Crippen LogP contribution is -2.44. The minimum atomic E-state index is -0.388. The summed E-state index contributed by atoms with van der Waals surface area (Å²) in [4.78, 5) is 26.3. The van der Waals surface area contributed by atoms with Crippen molar-refractivity contribution < 1.29 is 9.59 Å². The van der Waals surface area contributed by atoms with Gasteiger partial charge in [0.1, 0.15) is 6.42 Å². The number of benzene rings is 1. The van der Waals surface area contributed by atoms with Crippen LogP contribution in [0.25, 0.3) is 0 Å². The molecule has 1 aliphatic rings. The van der Waals surface area contributed by atoms with Crippen LogP contribution in [0, 0.1) is 0 Å². The van der Waals surface area contributed by atoms with Crippen molar-refractivity contribution in [3.8, 4) is 0 Å². The van der Waals surface area contributed by atoms with Crippen molar-refractivity contribution in [3.05, 3.63) is 28.2 Å². The molecule has 1 unspecified atom stereocenters. The number of likely N-dealkylation sites (tertiary alicyclic amines) is 1. The SMILES string of the molecule is CCC1CCCCN1C(=O)CC(=O)Nc1c(Cl)cccc1Cl. The molecule has 0 radical (unpaired) electrons. The molecule has 22 heavy (non-hydrogen) atoms. The van der Waals surface area contributed by atoms with Gasteiger partial charge in [-0.1, -0.05) is 36.2 Å². The van der Waals surface area contributed by atoms with Gasteiger partial charge in [0.2, 0.25) is 11.8 Å². The van der Waals surface area contributed by atoms with Crippen molar-refractivity contribution in [2.45, 2.75) is 45.1 Å². The fraction of sp³-hybridized carbons (Fsp3) is 0.500. The third kappa shape index (κ3) is 4.14. The van der Waals surface area contributed by atoms with Crippen LogP contribution in [0.4, 0.5) is 5.69 Å². The van der Waals surface area contributed by atoms with E-state index < -0.39 is 0 Å². The highest BCUT2D eigenvalue weighted by molar-refractivity contribution is 6.39. The second kappa shape index (κ2) is 7.84. The van der Waals surface area contributed by atoms with Gasteiger partial charge in [0.15, 0.2) is 0 Å². The summed E-state index contributed by atoms with van der Waals surface area (Å²) in [6, 6.07) is 5.23. The van der Waals surface area contributed by atoms with Gasteiger partial charge in [0, 0.05) is 12.6 Å². The molecular weight excluding hydrogens is 323 g/mol. The average Bonchev–Trinajstić information content (AvgIpc) is 2.51. The van der Waals surface area contributed by atoms with Crippen LogP contribution in [0.2, 0.25) is 10.0 Å². The van der Waals surface area contributed by atoms with E-state index >= 15 is 0 Å². The number of nitrogens with one attached hydrogen (secondary N) is 1. The van der Waals surface area contributed by atoms with Gasteiger partial charge in [0.25, 0.3) is 0 Å². The molecule has 1 aromatic carbocycles. The standard InChI is InChI=1S/C16H20Cl2N2O2/c1-2-11-6-3-4-9-20(11)15(22)10-14(21)19-16-12(17)7-5-8-13(16)18/h5,7-8,11H,2-4,6,9-10H2,1H3,(H,19,21). The molecule has 6 heteroatoms. The Morgan fingerprint density at radius 3 is 2.59 bits per heavy atom. The molecule has 120 valence electrons. The normalized spacial score (nSPS) is 18.1. The molecule has 0 spiro atoms. The van der Waals surface area contributed by atoms with Crippen LogP contribution in [0.3, 0.4) is 0 Å². The molecule has 1 heterocycles. The number of hydrogen-bond donors (Lipinski definition) is 1. The van der Waals surface area contributed by atoms with E-state index in [4.69, 9.17) is 23.2 Å². The summed E-state index contributed by atoms with van der Waals surface area (Å²) in [5.41, 5.74) is 0.356. The fourth-order valence-corrected chi connectivity index (χ4v) is 3.29. The quantitative estimate of drug-likeness (QED) is 0.837. The van der Waals surface area contributed by atoms with Crippen molar-refractivity contribution in [1.82, 2.24) is 4.90 Å². The van der Waals surface area contributed by atoms with Gasteiger partial charge in [-0.05, 0) is 37.8 Å². The van der Waals surface area contributed by atoms with Crippen LogP contribution in [0.1, 0.15) is 39.0 Å². The summed E-state index contributed by atoms with van der Waals surface area (Å²) >= 11 is 12.0. The zero-order valence-electron chi connectivity index (χ0n) is 12.6. The lowest BCUT2D eigenvalue weighted by atomic mass is 9.99. The van der Waals surface area contributed by atoms with Gasteiger partial charge in [-0.25, -0.2) is 0 Å². The number of halogens is 2. The number of anilines is 1. The first-order valence-electron chi connectivity index (χ1n) is 7.56. The molecule has 1 aromatic rings. The van der Waals surface area contributed by atoms with Crippen molar-refractivity contribution in [1.29, 1.82) is 0 Å². The van der Waals surface area contributed by atoms with Crippen molar-refractivity contribution in [2.75, 3.05) is 11.9 Å². The summed E-state index contributed by atoms with van der Waals surface area (Å²) in [5, 5.41) is 3.35. The topological polar surface area (TPSA) is 49.4 Å². The molecule has 1 N–H and O–H groups in total.